The second kappa shape index (κ2) is 2.79. The summed E-state index contributed by atoms with van der Waals surface area (Å²) < 4.78 is 6.11. The minimum atomic E-state index is -0.114. The number of carbonyl (C=O) groups excluding carboxylic acids is 1. The molecule has 0 amide bonds. The number of ketones is 1. The minimum Gasteiger partial charge on any atom is -0.358 e. The van der Waals surface area contributed by atoms with Gasteiger partial charge < -0.3 is 4.74 Å². The molecule has 1 saturated carbocycles. The molecule has 0 aromatic carbocycles. The SMILES string of the molecule is CC(=O)C1=CC23O[C@@]2(C)CCC[C@@]3(C)CC1. The number of ether oxygens (including phenoxy) is 1. The van der Waals surface area contributed by atoms with Gasteiger partial charge in [0.15, 0.2) is 5.78 Å². The normalized spacial score (nSPS) is 50.1. The van der Waals surface area contributed by atoms with Gasteiger partial charge in [0.25, 0.3) is 0 Å². The van der Waals surface area contributed by atoms with E-state index in [-0.39, 0.29) is 22.4 Å². The maximum atomic E-state index is 11.5. The Hall–Kier alpha value is -0.630. The zero-order chi connectivity index (χ0) is 11.6. The van der Waals surface area contributed by atoms with Gasteiger partial charge >= 0.3 is 0 Å². The van der Waals surface area contributed by atoms with Crippen molar-refractivity contribution < 1.29 is 9.53 Å². The second-order valence-corrected chi connectivity index (χ2v) is 6.21. The van der Waals surface area contributed by atoms with E-state index in [9.17, 15) is 4.79 Å². The summed E-state index contributed by atoms with van der Waals surface area (Å²) in [6.45, 7) is 6.22. The van der Waals surface area contributed by atoms with Crippen molar-refractivity contribution in [2.75, 3.05) is 0 Å². The molecule has 0 N–H and O–H groups in total. The summed E-state index contributed by atoms with van der Waals surface area (Å²) in [5.74, 6) is 0.222. The minimum absolute atomic E-state index is 0.0150. The molecule has 1 spiro atoms. The molecule has 2 heteroatoms. The topological polar surface area (TPSA) is 29.6 Å². The van der Waals surface area contributed by atoms with Crippen LogP contribution in [0, 0.1) is 5.41 Å². The lowest BCUT2D eigenvalue weighted by Gasteiger charge is -2.43. The Morgan fingerprint density at radius 2 is 2.06 bits per heavy atom. The van der Waals surface area contributed by atoms with E-state index in [0.717, 1.165) is 24.8 Å². The van der Waals surface area contributed by atoms with Gasteiger partial charge in [-0.05, 0) is 57.6 Å². The molecule has 3 rings (SSSR count). The first-order valence-electron chi connectivity index (χ1n) is 6.35. The Labute approximate surface area is 97.1 Å². The fraction of sp³-hybridized carbons (Fsp3) is 0.786. The maximum Gasteiger partial charge on any atom is 0.155 e. The highest BCUT2D eigenvalue weighted by molar-refractivity contribution is 5.93. The van der Waals surface area contributed by atoms with Gasteiger partial charge in [-0.15, -0.1) is 0 Å². The third-order valence-corrected chi connectivity index (χ3v) is 5.19. The van der Waals surface area contributed by atoms with Crippen LogP contribution in [0.25, 0.3) is 0 Å². The van der Waals surface area contributed by atoms with Gasteiger partial charge in [-0.25, -0.2) is 0 Å². The smallest absolute Gasteiger partial charge is 0.155 e. The highest BCUT2D eigenvalue weighted by atomic mass is 16.6. The van der Waals surface area contributed by atoms with Crippen molar-refractivity contribution in [1.29, 1.82) is 0 Å². The number of carbonyl (C=O) groups is 1. The summed E-state index contributed by atoms with van der Waals surface area (Å²) in [6, 6.07) is 0. The molecule has 1 aliphatic heterocycles. The highest BCUT2D eigenvalue weighted by Gasteiger charge is 2.75. The Morgan fingerprint density at radius 1 is 1.31 bits per heavy atom. The molecular weight excluding hydrogens is 200 g/mol. The lowest BCUT2D eigenvalue weighted by atomic mass is 9.58. The van der Waals surface area contributed by atoms with Crippen LogP contribution in [-0.2, 0) is 9.53 Å². The molecule has 2 fully saturated rings. The zero-order valence-electron chi connectivity index (χ0n) is 10.4. The summed E-state index contributed by atoms with van der Waals surface area (Å²) in [5.41, 5.74) is 1.15. The van der Waals surface area contributed by atoms with Crippen molar-refractivity contribution in [3.05, 3.63) is 11.6 Å². The van der Waals surface area contributed by atoms with Gasteiger partial charge in [-0.2, -0.15) is 0 Å². The molecule has 2 aliphatic carbocycles. The molecule has 3 aliphatic rings. The van der Waals surface area contributed by atoms with Gasteiger partial charge in [0, 0.05) is 5.41 Å². The van der Waals surface area contributed by atoms with Crippen LogP contribution < -0.4 is 0 Å². The zero-order valence-corrected chi connectivity index (χ0v) is 10.4. The third-order valence-electron chi connectivity index (χ3n) is 5.19. The molecule has 1 heterocycles. The molecule has 0 aromatic heterocycles. The monoisotopic (exact) mass is 220 g/mol. The molecule has 0 radical (unpaired) electrons. The first-order chi connectivity index (χ1) is 7.43. The van der Waals surface area contributed by atoms with Crippen LogP contribution in [0.4, 0.5) is 0 Å². The predicted octanol–water partition coefficient (Wildman–Crippen LogP) is 3.01. The molecule has 3 atom stereocenters. The number of allylic oxidation sites excluding steroid dienone is 1. The van der Waals surface area contributed by atoms with Crippen molar-refractivity contribution >= 4 is 5.78 Å². The molecule has 16 heavy (non-hydrogen) atoms. The molecule has 0 bridgehead atoms. The van der Waals surface area contributed by atoms with Crippen LogP contribution in [0.3, 0.4) is 0 Å². The van der Waals surface area contributed by atoms with Crippen molar-refractivity contribution in [3.8, 4) is 0 Å². The first kappa shape index (κ1) is 10.5. The molecule has 88 valence electrons. The van der Waals surface area contributed by atoms with Crippen LogP contribution in [0.2, 0.25) is 0 Å². The Morgan fingerprint density at radius 3 is 2.75 bits per heavy atom. The molecule has 2 nitrogen and oxygen atoms in total. The van der Waals surface area contributed by atoms with E-state index in [0.29, 0.717) is 0 Å². The van der Waals surface area contributed by atoms with Crippen LogP contribution in [0.5, 0.6) is 0 Å². The van der Waals surface area contributed by atoms with E-state index in [1.54, 1.807) is 6.92 Å². The van der Waals surface area contributed by atoms with Gasteiger partial charge in [-0.1, -0.05) is 6.92 Å². The molecular formula is C14H20O2. The second-order valence-electron chi connectivity index (χ2n) is 6.21. The van der Waals surface area contributed by atoms with Crippen LogP contribution in [0.15, 0.2) is 11.6 Å². The van der Waals surface area contributed by atoms with Crippen LogP contribution in [0.1, 0.15) is 52.9 Å². The Bertz CT molecular complexity index is 398. The fourth-order valence-corrected chi connectivity index (χ4v) is 4.00. The van der Waals surface area contributed by atoms with Crippen molar-refractivity contribution in [2.24, 2.45) is 5.41 Å². The van der Waals surface area contributed by atoms with Crippen molar-refractivity contribution in [1.82, 2.24) is 0 Å². The Kier molecular flexibility index (Phi) is 1.83. The van der Waals surface area contributed by atoms with Gasteiger partial charge in [-0.3, -0.25) is 4.79 Å². The largest absolute Gasteiger partial charge is 0.358 e. The maximum absolute atomic E-state index is 11.5. The lowest BCUT2D eigenvalue weighted by Crippen LogP contribution is -2.45. The third kappa shape index (κ3) is 1.04. The summed E-state index contributed by atoms with van der Waals surface area (Å²) in [4.78, 5) is 11.5. The van der Waals surface area contributed by atoms with E-state index in [4.69, 9.17) is 4.74 Å². The summed E-state index contributed by atoms with van der Waals surface area (Å²) >= 11 is 0. The van der Waals surface area contributed by atoms with E-state index in [1.165, 1.54) is 12.8 Å². The van der Waals surface area contributed by atoms with Crippen molar-refractivity contribution in [2.45, 2.75) is 64.1 Å². The quantitative estimate of drug-likeness (QED) is 0.636. The molecule has 1 unspecified atom stereocenters. The Balaban J connectivity index is 2.06. The van der Waals surface area contributed by atoms with E-state index >= 15 is 0 Å². The van der Waals surface area contributed by atoms with E-state index in [1.807, 2.05) is 0 Å². The van der Waals surface area contributed by atoms with E-state index < -0.39 is 0 Å². The number of hydrogen-bond donors (Lipinski definition) is 0. The predicted molar refractivity (Wildman–Crippen MR) is 62.2 cm³/mol. The average molecular weight is 220 g/mol. The molecule has 0 aromatic rings. The lowest BCUT2D eigenvalue weighted by molar-refractivity contribution is -0.114. The summed E-state index contributed by atoms with van der Waals surface area (Å²) in [6.07, 6.45) is 7.85. The van der Waals surface area contributed by atoms with Crippen LogP contribution in [-0.4, -0.2) is 17.0 Å². The molecule has 1 saturated heterocycles. The summed E-state index contributed by atoms with van der Waals surface area (Å²) in [5, 5.41) is 0. The van der Waals surface area contributed by atoms with Gasteiger partial charge in [0.1, 0.15) is 5.60 Å². The standard InChI is InChI=1S/C14H20O2/c1-10(15)11-5-8-12(2)6-4-7-13(3)14(12,9-11)16-13/h9H,4-8H2,1-3H3/t12-,13-,14?/m0/s1. The number of rotatable bonds is 1. The first-order valence-corrected chi connectivity index (χ1v) is 6.35. The van der Waals surface area contributed by atoms with Crippen molar-refractivity contribution in [3.63, 3.8) is 0 Å². The van der Waals surface area contributed by atoms with E-state index in [2.05, 4.69) is 19.9 Å². The highest BCUT2D eigenvalue weighted by Crippen LogP contribution is 2.69. The average Bonchev–Trinajstić information content (AvgIpc) is 2.80. The fourth-order valence-electron chi connectivity index (χ4n) is 4.00. The van der Waals surface area contributed by atoms with Gasteiger partial charge in [0.05, 0.1) is 5.60 Å². The number of epoxide rings is 1. The van der Waals surface area contributed by atoms with Crippen LogP contribution >= 0.6 is 0 Å². The number of Topliss-reactive ketones (excluding diaryl/α,β-unsaturated/α-hetero) is 1. The number of hydrogen-bond acceptors (Lipinski definition) is 2. The van der Waals surface area contributed by atoms with Gasteiger partial charge in [0.2, 0.25) is 0 Å². The summed E-state index contributed by atoms with van der Waals surface area (Å²) in [7, 11) is 0.